The normalized spacial score (nSPS) is 10.8. The summed E-state index contributed by atoms with van der Waals surface area (Å²) in [4.78, 5) is 17.5. The number of thiophene rings is 1. The van der Waals surface area contributed by atoms with E-state index in [-0.39, 0.29) is 5.91 Å². The summed E-state index contributed by atoms with van der Waals surface area (Å²) in [5.41, 5.74) is 1.14. The number of aromatic amines is 1. The predicted octanol–water partition coefficient (Wildman–Crippen LogP) is 3.56. The molecule has 0 aliphatic heterocycles. The first-order valence-electron chi connectivity index (χ1n) is 7.76. The van der Waals surface area contributed by atoms with Gasteiger partial charge in [-0.05, 0) is 35.6 Å². The van der Waals surface area contributed by atoms with Gasteiger partial charge in [-0.3, -0.25) is 9.89 Å². The summed E-state index contributed by atoms with van der Waals surface area (Å²) in [6, 6.07) is 11.7. The fourth-order valence-corrected chi connectivity index (χ4v) is 3.66. The Morgan fingerprint density at radius 1 is 1.28 bits per heavy atom. The van der Waals surface area contributed by atoms with Crippen molar-refractivity contribution in [1.29, 1.82) is 0 Å². The molecule has 2 aromatic heterocycles. The van der Waals surface area contributed by atoms with Gasteiger partial charge in [0.15, 0.2) is 0 Å². The van der Waals surface area contributed by atoms with Crippen LogP contribution >= 0.6 is 34.7 Å². The van der Waals surface area contributed by atoms with Gasteiger partial charge in [0.1, 0.15) is 5.82 Å². The summed E-state index contributed by atoms with van der Waals surface area (Å²) in [6.45, 7) is 0.596. The molecule has 0 saturated carbocycles. The lowest BCUT2D eigenvalue weighted by molar-refractivity contribution is -0.118. The molecule has 1 aromatic carbocycles. The van der Waals surface area contributed by atoms with Gasteiger partial charge in [0, 0.05) is 22.9 Å². The number of thioether (sulfide) groups is 1. The Morgan fingerprint density at radius 3 is 2.88 bits per heavy atom. The van der Waals surface area contributed by atoms with Crippen molar-refractivity contribution in [2.75, 3.05) is 12.3 Å². The Hall–Kier alpha value is -1.83. The van der Waals surface area contributed by atoms with E-state index in [1.807, 2.05) is 35.7 Å². The van der Waals surface area contributed by atoms with Crippen molar-refractivity contribution >= 4 is 40.6 Å². The van der Waals surface area contributed by atoms with Crippen molar-refractivity contribution in [3.63, 3.8) is 0 Å². The summed E-state index contributed by atoms with van der Waals surface area (Å²) in [6.07, 6.45) is 1.51. The maximum atomic E-state index is 11.9. The largest absolute Gasteiger partial charge is 0.355 e. The molecule has 0 aliphatic rings. The van der Waals surface area contributed by atoms with Gasteiger partial charge in [-0.15, -0.1) is 16.4 Å². The molecule has 8 heteroatoms. The van der Waals surface area contributed by atoms with Gasteiger partial charge in [-0.2, -0.15) is 0 Å². The van der Waals surface area contributed by atoms with Crippen LogP contribution < -0.4 is 5.32 Å². The van der Waals surface area contributed by atoms with Gasteiger partial charge in [-0.25, -0.2) is 4.98 Å². The van der Waals surface area contributed by atoms with Crippen molar-refractivity contribution in [2.24, 2.45) is 0 Å². The van der Waals surface area contributed by atoms with E-state index in [9.17, 15) is 4.79 Å². The lowest BCUT2D eigenvalue weighted by atomic mass is 10.1. The molecule has 2 heterocycles. The summed E-state index contributed by atoms with van der Waals surface area (Å²) in [5, 5.41) is 13.3. The van der Waals surface area contributed by atoms with E-state index in [1.54, 1.807) is 11.3 Å². The summed E-state index contributed by atoms with van der Waals surface area (Å²) in [7, 11) is 0. The third-order valence-corrected chi connectivity index (χ3v) is 5.39. The molecule has 0 radical (unpaired) electrons. The van der Waals surface area contributed by atoms with Crippen molar-refractivity contribution in [3.8, 4) is 0 Å². The van der Waals surface area contributed by atoms with E-state index >= 15 is 0 Å². The van der Waals surface area contributed by atoms with Crippen molar-refractivity contribution in [2.45, 2.75) is 18.0 Å². The van der Waals surface area contributed by atoms with Gasteiger partial charge >= 0.3 is 0 Å². The lowest BCUT2D eigenvalue weighted by Crippen LogP contribution is -2.27. The van der Waals surface area contributed by atoms with Crippen molar-refractivity contribution in [3.05, 3.63) is 63.1 Å². The predicted molar refractivity (Wildman–Crippen MR) is 102 cm³/mol. The zero-order chi connectivity index (χ0) is 17.5. The van der Waals surface area contributed by atoms with Gasteiger partial charge in [0.25, 0.3) is 0 Å². The molecule has 0 unspecified atom stereocenters. The Labute approximate surface area is 159 Å². The molecule has 3 rings (SSSR count). The maximum Gasteiger partial charge on any atom is 0.230 e. The van der Waals surface area contributed by atoms with Crippen molar-refractivity contribution in [1.82, 2.24) is 20.5 Å². The third kappa shape index (κ3) is 5.88. The molecule has 5 nitrogen and oxygen atoms in total. The second kappa shape index (κ2) is 9.03. The van der Waals surface area contributed by atoms with Crippen molar-refractivity contribution < 1.29 is 4.79 Å². The molecule has 0 bridgehead atoms. The molecule has 0 atom stereocenters. The number of nitrogens with one attached hydrogen (secondary N) is 2. The monoisotopic (exact) mass is 392 g/mol. The Balaban J connectivity index is 1.37. The van der Waals surface area contributed by atoms with E-state index < -0.39 is 0 Å². The van der Waals surface area contributed by atoms with Crippen LogP contribution in [0.3, 0.4) is 0 Å². The van der Waals surface area contributed by atoms with Crippen LogP contribution in [0.4, 0.5) is 0 Å². The number of carbonyl (C=O) groups excluding carboxylic acids is 1. The fraction of sp³-hybridized carbons (Fsp3) is 0.235. The number of carbonyl (C=O) groups is 1. The standard InChI is InChI=1S/C17H17ClN4OS2/c18-13-5-3-12(4-6-13)7-8-19-16(23)11-25-17-20-15(21-22-17)10-14-2-1-9-24-14/h1-6,9H,7-8,10-11H2,(H,19,23)(H,20,21,22). The fourth-order valence-electron chi connectivity index (χ4n) is 2.18. The highest BCUT2D eigenvalue weighted by atomic mass is 35.5. The number of rotatable bonds is 8. The number of aromatic nitrogens is 3. The molecule has 25 heavy (non-hydrogen) atoms. The molecule has 3 aromatic rings. The van der Waals surface area contributed by atoms with Crippen LogP contribution in [0.2, 0.25) is 5.02 Å². The van der Waals surface area contributed by atoms with Gasteiger partial charge in [-0.1, -0.05) is 41.6 Å². The van der Waals surface area contributed by atoms with Crippen LogP contribution in [0.5, 0.6) is 0 Å². The first kappa shape index (κ1) is 18.0. The van der Waals surface area contributed by atoms with Crippen LogP contribution in [0.1, 0.15) is 16.3 Å². The number of hydrogen-bond donors (Lipinski definition) is 2. The average Bonchev–Trinajstić information content (AvgIpc) is 3.27. The first-order valence-corrected chi connectivity index (χ1v) is 10.0. The Kier molecular flexibility index (Phi) is 6.49. The Bertz CT molecular complexity index is 802. The second-order valence-electron chi connectivity index (χ2n) is 5.34. The molecule has 2 N–H and O–H groups in total. The van der Waals surface area contributed by atoms with E-state index in [2.05, 4.69) is 26.6 Å². The van der Waals surface area contributed by atoms with Gasteiger partial charge in [0.2, 0.25) is 11.1 Å². The molecule has 0 fully saturated rings. The lowest BCUT2D eigenvalue weighted by Gasteiger charge is -2.04. The molecule has 0 aliphatic carbocycles. The second-order valence-corrected chi connectivity index (χ2v) is 7.75. The van der Waals surface area contributed by atoms with E-state index in [0.29, 0.717) is 22.5 Å². The first-order chi connectivity index (χ1) is 12.2. The molecule has 0 saturated heterocycles. The maximum absolute atomic E-state index is 11.9. The quantitative estimate of drug-likeness (QED) is 0.575. The minimum absolute atomic E-state index is 0.0245. The van der Waals surface area contributed by atoms with E-state index in [0.717, 1.165) is 24.2 Å². The van der Waals surface area contributed by atoms with E-state index in [1.165, 1.54) is 16.6 Å². The van der Waals surface area contributed by atoms with Crippen LogP contribution in [-0.4, -0.2) is 33.4 Å². The topological polar surface area (TPSA) is 70.7 Å². The summed E-state index contributed by atoms with van der Waals surface area (Å²) in [5.74, 6) is 1.09. The minimum atomic E-state index is -0.0245. The molecule has 130 valence electrons. The van der Waals surface area contributed by atoms with Crippen LogP contribution in [-0.2, 0) is 17.6 Å². The van der Waals surface area contributed by atoms with Gasteiger partial charge in [0.05, 0.1) is 5.75 Å². The number of nitrogens with zero attached hydrogens (tertiary/aromatic N) is 2. The highest BCUT2D eigenvalue weighted by Gasteiger charge is 2.08. The SMILES string of the molecule is O=C(CSc1n[nH]c(Cc2cccs2)n1)NCCc1ccc(Cl)cc1. The third-order valence-electron chi connectivity index (χ3n) is 3.41. The molecular formula is C17H17ClN4OS2. The van der Waals surface area contributed by atoms with E-state index in [4.69, 9.17) is 11.6 Å². The molecular weight excluding hydrogens is 376 g/mol. The number of benzene rings is 1. The average molecular weight is 393 g/mol. The molecule has 0 spiro atoms. The van der Waals surface area contributed by atoms with Crippen LogP contribution in [0, 0.1) is 0 Å². The van der Waals surface area contributed by atoms with Crippen LogP contribution in [0.15, 0.2) is 46.9 Å². The number of amides is 1. The smallest absolute Gasteiger partial charge is 0.230 e. The molecule has 1 amide bonds. The van der Waals surface area contributed by atoms with Gasteiger partial charge < -0.3 is 5.32 Å². The highest BCUT2D eigenvalue weighted by Crippen LogP contribution is 2.16. The number of halogens is 1. The number of H-pyrrole nitrogens is 1. The zero-order valence-electron chi connectivity index (χ0n) is 13.4. The number of hydrogen-bond acceptors (Lipinski definition) is 5. The Morgan fingerprint density at radius 2 is 2.12 bits per heavy atom. The van der Waals surface area contributed by atoms with Crippen LogP contribution in [0.25, 0.3) is 0 Å². The summed E-state index contributed by atoms with van der Waals surface area (Å²) >= 11 is 8.87. The minimum Gasteiger partial charge on any atom is -0.355 e. The zero-order valence-corrected chi connectivity index (χ0v) is 15.8. The summed E-state index contributed by atoms with van der Waals surface area (Å²) < 4.78 is 0. The highest BCUT2D eigenvalue weighted by molar-refractivity contribution is 7.99.